The van der Waals surface area contributed by atoms with E-state index >= 15 is 0 Å². The molecule has 0 N–H and O–H groups in total. The zero-order chi connectivity index (χ0) is 11.5. The van der Waals surface area contributed by atoms with Crippen LogP contribution in [0.3, 0.4) is 0 Å². The van der Waals surface area contributed by atoms with Gasteiger partial charge in [0.25, 0.3) is 0 Å². The number of thioether (sulfide) groups is 1. The van der Waals surface area contributed by atoms with E-state index in [1.807, 2.05) is 18.2 Å². The van der Waals surface area contributed by atoms with Gasteiger partial charge in [0.15, 0.2) is 11.2 Å². The van der Waals surface area contributed by atoms with Crippen molar-refractivity contribution in [3.8, 4) is 0 Å². The van der Waals surface area contributed by atoms with E-state index in [9.17, 15) is 0 Å². The number of fused-ring (bicyclic) bond motifs is 1. The van der Waals surface area contributed by atoms with Gasteiger partial charge < -0.3 is 0 Å². The Labute approximate surface area is 106 Å². The molecule has 2 aromatic heterocycles. The van der Waals surface area contributed by atoms with Crippen LogP contribution in [0, 0.1) is 0 Å². The highest BCUT2D eigenvalue weighted by Crippen LogP contribution is 2.25. The van der Waals surface area contributed by atoms with Gasteiger partial charge in [0.05, 0.1) is 11.7 Å². The first-order valence-electron chi connectivity index (χ1n) is 5.03. The van der Waals surface area contributed by atoms with Crippen LogP contribution >= 0.6 is 23.5 Å². The third kappa shape index (κ3) is 2.27. The fraction of sp³-hybridized carbons (Fsp3) is 0.0909. The van der Waals surface area contributed by atoms with Gasteiger partial charge in [-0.1, -0.05) is 42.1 Å². The average Bonchev–Trinajstić information content (AvgIpc) is 2.86. The van der Waals surface area contributed by atoms with Gasteiger partial charge in [-0.2, -0.15) is 8.75 Å². The zero-order valence-electron chi connectivity index (χ0n) is 8.78. The van der Waals surface area contributed by atoms with E-state index < -0.39 is 0 Å². The van der Waals surface area contributed by atoms with Crippen LogP contribution in [0.15, 0.2) is 41.7 Å². The Morgan fingerprint density at radius 1 is 1.06 bits per heavy atom. The summed E-state index contributed by atoms with van der Waals surface area (Å²) in [4.78, 5) is 8.32. The smallest absolute Gasteiger partial charge is 0.197 e. The molecule has 3 aromatic rings. The molecule has 4 nitrogen and oxygen atoms in total. The first kappa shape index (κ1) is 10.6. The molecule has 0 aliphatic carbocycles. The molecule has 2 heterocycles. The van der Waals surface area contributed by atoms with Gasteiger partial charge in [0.1, 0.15) is 11.4 Å². The molecular formula is C11H8N4S2. The third-order valence-corrected chi connectivity index (χ3v) is 3.82. The standard InChI is InChI=1S/C11H8N4S2/c1-2-4-8(5-3-1)6-16-11-9-10(12-7-13-11)15-17-14-9/h1-5,7H,6H2. The van der Waals surface area contributed by atoms with E-state index in [-0.39, 0.29) is 0 Å². The van der Waals surface area contributed by atoms with Crippen molar-refractivity contribution in [1.82, 2.24) is 18.7 Å². The summed E-state index contributed by atoms with van der Waals surface area (Å²) >= 11 is 2.83. The summed E-state index contributed by atoms with van der Waals surface area (Å²) in [6.45, 7) is 0. The topological polar surface area (TPSA) is 51.6 Å². The highest BCUT2D eigenvalue weighted by Gasteiger charge is 2.07. The summed E-state index contributed by atoms with van der Waals surface area (Å²) in [6.07, 6.45) is 1.54. The molecule has 84 valence electrons. The van der Waals surface area contributed by atoms with Crippen molar-refractivity contribution >= 4 is 34.7 Å². The lowest BCUT2D eigenvalue weighted by atomic mass is 10.2. The first-order valence-corrected chi connectivity index (χ1v) is 6.75. The van der Waals surface area contributed by atoms with E-state index in [1.54, 1.807) is 11.8 Å². The molecule has 0 saturated carbocycles. The van der Waals surface area contributed by atoms with Crippen LogP contribution in [0.5, 0.6) is 0 Å². The third-order valence-electron chi connectivity index (χ3n) is 2.25. The van der Waals surface area contributed by atoms with Crippen molar-refractivity contribution in [2.45, 2.75) is 10.8 Å². The lowest BCUT2D eigenvalue weighted by Gasteiger charge is -2.00. The van der Waals surface area contributed by atoms with Gasteiger partial charge in [0, 0.05) is 5.75 Å². The minimum absolute atomic E-state index is 0.681. The van der Waals surface area contributed by atoms with Crippen molar-refractivity contribution in [3.63, 3.8) is 0 Å². The molecule has 0 atom stereocenters. The second-order valence-electron chi connectivity index (χ2n) is 3.39. The van der Waals surface area contributed by atoms with Crippen molar-refractivity contribution in [2.75, 3.05) is 0 Å². The van der Waals surface area contributed by atoms with Gasteiger partial charge >= 0.3 is 0 Å². The summed E-state index contributed by atoms with van der Waals surface area (Å²) in [5.41, 5.74) is 2.76. The lowest BCUT2D eigenvalue weighted by molar-refractivity contribution is 1.08. The Bertz CT molecular complexity index is 623. The molecule has 17 heavy (non-hydrogen) atoms. The van der Waals surface area contributed by atoms with Crippen LogP contribution in [-0.2, 0) is 5.75 Å². The first-order chi connectivity index (χ1) is 8.43. The van der Waals surface area contributed by atoms with E-state index in [2.05, 4.69) is 30.8 Å². The molecule has 0 unspecified atom stereocenters. The quantitative estimate of drug-likeness (QED) is 0.535. The van der Waals surface area contributed by atoms with Crippen LogP contribution in [0.4, 0.5) is 0 Å². The fourth-order valence-electron chi connectivity index (χ4n) is 1.43. The maximum absolute atomic E-state index is 4.25. The van der Waals surface area contributed by atoms with E-state index in [1.165, 1.54) is 23.6 Å². The molecule has 0 fully saturated rings. The summed E-state index contributed by atoms with van der Waals surface area (Å²) in [5, 5.41) is 0.896. The number of hydrogen-bond acceptors (Lipinski definition) is 6. The number of aromatic nitrogens is 4. The van der Waals surface area contributed by atoms with Gasteiger partial charge in [0.2, 0.25) is 0 Å². The Morgan fingerprint density at radius 3 is 2.82 bits per heavy atom. The van der Waals surface area contributed by atoms with Gasteiger partial charge in [-0.3, -0.25) is 0 Å². The van der Waals surface area contributed by atoms with Crippen molar-refractivity contribution in [1.29, 1.82) is 0 Å². The van der Waals surface area contributed by atoms with Crippen LogP contribution < -0.4 is 0 Å². The Kier molecular flexibility index (Phi) is 2.98. The number of benzene rings is 1. The number of nitrogens with zero attached hydrogens (tertiary/aromatic N) is 4. The zero-order valence-corrected chi connectivity index (χ0v) is 10.4. The van der Waals surface area contributed by atoms with E-state index in [4.69, 9.17) is 0 Å². The van der Waals surface area contributed by atoms with Crippen molar-refractivity contribution in [2.24, 2.45) is 0 Å². The monoisotopic (exact) mass is 260 g/mol. The van der Waals surface area contributed by atoms with Crippen molar-refractivity contribution in [3.05, 3.63) is 42.2 Å². The molecule has 0 bridgehead atoms. The van der Waals surface area contributed by atoms with Crippen LogP contribution in [0.25, 0.3) is 11.2 Å². The summed E-state index contributed by atoms with van der Waals surface area (Å²) < 4.78 is 8.32. The summed E-state index contributed by atoms with van der Waals surface area (Å²) in [6, 6.07) is 10.3. The maximum Gasteiger partial charge on any atom is 0.197 e. The second-order valence-corrected chi connectivity index (χ2v) is 4.88. The molecular weight excluding hydrogens is 252 g/mol. The van der Waals surface area contributed by atoms with E-state index in [0.717, 1.165) is 16.3 Å². The lowest BCUT2D eigenvalue weighted by Crippen LogP contribution is -1.87. The SMILES string of the molecule is c1ccc(CSc2ncnc3nsnc23)cc1. The molecule has 3 rings (SSSR count). The summed E-state index contributed by atoms with van der Waals surface area (Å²) in [5.74, 6) is 0.879. The molecule has 0 aliphatic heterocycles. The molecule has 0 amide bonds. The van der Waals surface area contributed by atoms with Crippen LogP contribution in [0.1, 0.15) is 5.56 Å². The Hall–Kier alpha value is -1.53. The maximum atomic E-state index is 4.25. The minimum atomic E-state index is 0.681. The van der Waals surface area contributed by atoms with Crippen LogP contribution in [-0.4, -0.2) is 18.7 Å². The highest BCUT2D eigenvalue weighted by atomic mass is 32.2. The van der Waals surface area contributed by atoms with E-state index in [0.29, 0.717) is 5.65 Å². The minimum Gasteiger partial charge on any atom is -0.228 e. The second kappa shape index (κ2) is 4.77. The van der Waals surface area contributed by atoms with Gasteiger partial charge in [-0.05, 0) is 5.56 Å². The molecule has 0 spiro atoms. The average molecular weight is 260 g/mol. The molecule has 0 aliphatic rings. The number of rotatable bonds is 3. The fourth-order valence-corrected chi connectivity index (χ4v) is 2.88. The Morgan fingerprint density at radius 2 is 1.94 bits per heavy atom. The molecule has 0 saturated heterocycles. The predicted octanol–water partition coefficient (Wildman–Crippen LogP) is 2.77. The molecule has 6 heteroatoms. The van der Waals surface area contributed by atoms with Crippen molar-refractivity contribution < 1.29 is 0 Å². The number of hydrogen-bond donors (Lipinski definition) is 0. The van der Waals surface area contributed by atoms with Crippen LogP contribution in [0.2, 0.25) is 0 Å². The Balaban J connectivity index is 1.84. The van der Waals surface area contributed by atoms with Gasteiger partial charge in [-0.25, -0.2) is 9.97 Å². The predicted molar refractivity (Wildman–Crippen MR) is 69.0 cm³/mol. The molecule has 0 radical (unpaired) electrons. The summed E-state index contributed by atoms with van der Waals surface area (Å²) in [7, 11) is 0. The van der Waals surface area contributed by atoms with Gasteiger partial charge in [-0.15, -0.1) is 0 Å². The molecule has 1 aromatic carbocycles. The normalized spacial score (nSPS) is 10.8. The highest BCUT2D eigenvalue weighted by molar-refractivity contribution is 7.98. The largest absolute Gasteiger partial charge is 0.228 e.